The Kier molecular flexibility index (Phi) is 3.41. The summed E-state index contributed by atoms with van der Waals surface area (Å²) in [7, 11) is 0. The van der Waals surface area contributed by atoms with E-state index in [-0.39, 0.29) is 11.8 Å². The molecule has 1 atom stereocenters. The molecule has 0 radical (unpaired) electrons. The quantitative estimate of drug-likeness (QED) is 0.911. The molecule has 1 aromatic heterocycles. The molecule has 20 heavy (non-hydrogen) atoms. The van der Waals surface area contributed by atoms with Gasteiger partial charge in [-0.2, -0.15) is 0 Å². The van der Waals surface area contributed by atoms with Crippen molar-refractivity contribution in [1.82, 2.24) is 4.90 Å². The summed E-state index contributed by atoms with van der Waals surface area (Å²) >= 11 is 1.66. The number of aryl methyl sites for hydroxylation is 1. The van der Waals surface area contributed by atoms with Crippen LogP contribution >= 0.6 is 11.3 Å². The van der Waals surface area contributed by atoms with Crippen molar-refractivity contribution in [2.45, 2.75) is 45.6 Å². The molecule has 2 aliphatic rings. The van der Waals surface area contributed by atoms with E-state index in [0.717, 1.165) is 23.6 Å². The predicted molar refractivity (Wildman–Crippen MR) is 81.2 cm³/mol. The second-order valence-corrected chi connectivity index (χ2v) is 7.96. The highest BCUT2D eigenvalue weighted by atomic mass is 32.1. The minimum absolute atomic E-state index is 0.0994. The Morgan fingerprint density at radius 1 is 1.50 bits per heavy atom. The number of likely N-dealkylation sites (tertiary alicyclic amines) is 1. The maximum absolute atomic E-state index is 12.5. The molecule has 1 aliphatic heterocycles. The SMILES string of the molecule is CC1CCc2sc(C(=O)N3CC(O)(C(C)C)C3)cc2C1. The molecule has 1 fully saturated rings. The maximum atomic E-state index is 12.5. The van der Waals surface area contributed by atoms with E-state index in [1.165, 1.54) is 16.9 Å². The molecular formula is C16H23NO2S. The van der Waals surface area contributed by atoms with Gasteiger partial charge in [0.25, 0.3) is 5.91 Å². The Bertz CT molecular complexity index is 529. The van der Waals surface area contributed by atoms with Crippen LogP contribution < -0.4 is 0 Å². The van der Waals surface area contributed by atoms with Gasteiger partial charge < -0.3 is 10.0 Å². The Morgan fingerprint density at radius 2 is 2.20 bits per heavy atom. The van der Waals surface area contributed by atoms with Crippen LogP contribution in [0.2, 0.25) is 0 Å². The fourth-order valence-electron chi connectivity index (χ4n) is 3.09. The molecule has 0 bridgehead atoms. The second kappa shape index (κ2) is 4.85. The summed E-state index contributed by atoms with van der Waals surface area (Å²) in [5.74, 6) is 1.03. The molecule has 3 nitrogen and oxygen atoms in total. The van der Waals surface area contributed by atoms with E-state index in [1.54, 1.807) is 16.2 Å². The zero-order valence-corrected chi connectivity index (χ0v) is 13.3. The van der Waals surface area contributed by atoms with E-state index in [2.05, 4.69) is 13.0 Å². The van der Waals surface area contributed by atoms with Crippen LogP contribution in [0, 0.1) is 11.8 Å². The summed E-state index contributed by atoms with van der Waals surface area (Å²) in [5.41, 5.74) is 0.692. The largest absolute Gasteiger partial charge is 0.386 e. The first-order chi connectivity index (χ1) is 9.39. The first-order valence-electron chi connectivity index (χ1n) is 7.52. The van der Waals surface area contributed by atoms with Gasteiger partial charge in [-0.05, 0) is 42.7 Å². The van der Waals surface area contributed by atoms with Crippen molar-refractivity contribution in [3.8, 4) is 0 Å². The molecule has 0 saturated carbocycles. The molecule has 1 amide bonds. The van der Waals surface area contributed by atoms with Gasteiger partial charge in [0.15, 0.2) is 0 Å². The molecule has 1 saturated heterocycles. The lowest BCUT2D eigenvalue weighted by Gasteiger charge is -2.48. The van der Waals surface area contributed by atoms with Gasteiger partial charge in [0.05, 0.1) is 18.0 Å². The van der Waals surface area contributed by atoms with Gasteiger partial charge in [0.2, 0.25) is 0 Å². The third-order valence-electron chi connectivity index (χ3n) is 4.83. The molecule has 0 aromatic carbocycles. The summed E-state index contributed by atoms with van der Waals surface area (Å²) in [4.78, 5) is 16.5. The number of amides is 1. The van der Waals surface area contributed by atoms with Crippen molar-refractivity contribution in [2.75, 3.05) is 13.1 Å². The number of hydrogen-bond donors (Lipinski definition) is 1. The van der Waals surface area contributed by atoms with Gasteiger partial charge in [0.1, 0.15) is 5.60 Å². The van der Waals surface area contributed by atoms with E-state index in [0.29, 0.717) is 13.1 Å². The highest BCUT2D eigenvalue weighted by Gasteiger charge is 2.46. The monoisotopic (exact) mass is 293 g/mol. The lowest BCUT2D eigenvalue weighted by molar-refractivity contribution is -0.110. The first-order valence-corrected chi connectivity index (χ1v) is 8.34. The number of rotatable bonds is 2. The van der Waals surface area contributed by atoms with Crippen LogP contribution in [-0.2, 0) is 12.8 Å². The normalized spacial score (nSPS) is 24.4. The summed E-state index contributed by atoms with van der Waals surface area (Å²) < 4.78 is 0. The number of hydrogen-bond acceptors (Lipinski definition) is 3. The molecular weight excluding hydrogens is 270 g/mol. The van der Waals surface area contributed by atoms with E-state index in [4.69, 9.17) is 0 Å². The van der Waals surface area contributed by atoms with Gasteiger partial charge in [0, 0.05) is 4.88 Å². The number of aliphatic hydroxyl groups is 1. The third-order valence-corrected chi connectivity index (χ3v) is 6.06. The molecule has 1 unspecified atom stereocenters. The zero-order chi connectivity index (χ0) is 14.5. The van der Waals surface area contributed by atoms with Crippen molar-refractivity contribution in [1.29, 1.82) is 0 Å². The number of thiophene rings is 1. The molecule has 110 valence electrons. The summed E-state index contributed by atoms with van der Waals surface area (Å²) in [5, 5.41) is 10.3. The Morgan fingerprint density at radius 3 is 2.85 bits per heavy atom. The smallest absolute Gasteiger partial charge is 0.264 e. The molecule has 1 N–H and O–H groups in total. The van der Waals surface area contributed by atoms with Crippen LogP contribution in [0.5, 0.6) is 0 Å². The second-order valence-electron chi connectivity index (χ2n) is 6.83. The zero-order valence-electron chi connectivity index (χ0n) is 12.5. The predicted octanol–water partition coefficient (Wildman–Crippen LogP) is 2.72. The summed E-state index contributed by atoms with van der Waals surface area (Å²) in [6, 6.07) is 2.09. The molecule has 3 rings (SSSR count). The van der Waals surface area contributed by atoms with Crippen molar-refractivity contribution in [3.63, 3.8) is 0 Å². The topological polar surface area (TPSA) is 40.5 Å². The minimum atomic E-state index is -0.680. The fraction of sp³-hybridized carbons (Fsp3) is 0.688. The maximum Gasteiger partial charge on any atom is 0.264 e. The first kappa shape index (κ1) is 14.1. The van der Waals surface area contributed by atoms with Crippen LogP contribution in [0.3, 0.4) is 0 Å². The van der Waals surface area contributed by atoms with Gasteiger partial charge in [-0.1, -0.05) is 20.8 Å². The van der Waals surface area contributed by atoms with Crippen LogP contribution in [0.15, 0.2) is 6.07 Å². The number of nitrogens with zero attached hydrogens (tertiary/aromatic N) is 1. The summed E-state index contributed by atoms with van der Waals surface area (Å²) in [6.45, 7) is 7.24. The van der Waals surface area contributed by atoms with Gasteiger partial charge >= 0.3 is 0 Å². The lowest BCUT2D eigenvalue weighted by Crippen LogP contribution is -2.65. The number of carbonyl (C=O) groups is 1. The standard InChI is InChI=1S/C16H23NO2S/c1-10(2)16(19)8-17(9-16)15(18)14-7-12-6-11(3)4-5-13(12)20-14/h7,10-11,19H,4-6,8-9H2,1-3H3. The highest BCUT2D eigenvalue weighted by molar-refractivity contribution is 7.14. The minimum Gasteiger partial charge on any atom is -0.386 e. The van der Waals surface area contributed by atoms with Crippen LogP contribution in [0.25, 0.3) is 0 Å². The number of fused-ring (bicyclic) bond motifs is 1. The van der Waals surface area contributed by atoms with E-state index < -0.39 is 5.60 Å². The molecule has 0 spiro atoms. The van der Waals surface area contributed by atoms with Crippen molar-refractivity contribution in [2.24, 2.45) is 11.8 Å². The van der Waals surface area contributed by atoms with Gasteiger partial charge in [-0.15, -0.1) is 11.3 Å². The van der Waals surface area contributed by atoms with E-state index >= 15 is 0 Å². The Balaban J connectivity index is 1.71. The van der Waals surface area contributed by atoms with Gasteiger partial charge in [-0.3, -0.25) is 4.79 Å². The fourth-order valence-corrected chi connectivity index (χ4v) is 4.27. The number of β-amino-alcohol motifs (C(OH)–C–C–N with tert-alkyl or cyclic N) is 1. The average molecular weight is 293 g/mol. The molecule has 2 heterocycles. The van der Waals surface area contributed by atoms with Crippen molar-refractivity contribution in [3.05, 3.63) is 21.4 Å². The lowest BCUT2D eigenvalue weighted by atomic mass is 9.83. The van der Waals surface area contributed by atoms with Crippen molar-refractivity contribution >= 4 is 17.2 Å². The van der Waals surface area contributed by atoms with Crippen LogP contribution in [0.4, 0.5) is 0 Å². The van der Waals surface area contributed by atoms with Crippen molar-refractivity contribution < 1.29 is 9.90 Å². The molecule has 1 aromatic rings. The van der Waals surface area contributed by atoms with Crippen LogP contribution in [0.1, 0.15) is 47.3 Å². The third kappa shape index (κ3) is 2.29. The van der Waals surface area contributed by atoms with E-state index in [1.807, 2.05) is 13.8 Å². The average Bonchev–Trinajstić information content (AvgIpc) is 2.76. The number of carbonyl (C=O) groups excluding carboxylic acids is 1. The Hall–Kier alpha value is -0.870. The molecule has 1 aliphatic carbocycles. The van der Waals surface area contributed by atoms with E-state index in [9.17, 15) is 9.90 Å². The molecule has 4 heteroatoms. The highest BCUT2D eigenvalue weighted by Crippen LogP contribution is 2.35. The summed E-state index contributed by atoms with van der Waals surface area (Å²) in [6.07, 6.45) is 3.46. The van der Waals surface area contributed by atoms with Gasteiger partial charge in [-0.25, -0.2) is 0 Å². The Labute approximate surface area is 124 Å². The van der Waals surface area contributed by atoms with Crippen LogP contribution in [-0.4, -0.2) is 34.6 Å².